The molecule has 6 heteroatoms. The molecule has 0 aromatic rings. The number of thioether (sulfide) groups is 1. The molecule has 0 bridgehead atoms. The monoisotopic (exact) mass is 188 g/mol. The van der Waals surface area contributed by atoms with E-state index in [9.17, 15) is 19.5 Å². The van der Waals surface area contributed by atoms with E-state index in [1.807, 2.05) is 0 Å². The maximum atomic E-state index is 10.9. The Morgan fingerprint density at radius 1 is 1.50 bits per heavy atom. The molecule has 1 saturated heterocycles. The van der Waals surface area contributed by atoms with Gasteiger partial charge in [-0.2, -0.15) is 0 Å². The largest absolute Gasteiger partial charge is 0.307 e. The van der Waals surface area contributed by atoms with Gasteiger partial charge in [-0.1, -0.05) is 11.8 Å². The molecule has 5 nitrogen and oxygen atoms in total. The Morgan fingerprint density at radius 2 is 2.17 bits per heavy atom. The molecule has 0 saturated carbocycles. The Bertz CT molecular complexity index is 240. The van der Waals surface area contributed by atoms with Crippen LogP contribution in [0.15, 0.2) is 0 Å². The third-order valence-electron chi connectivity index (χ3n) is 1.39. The van der Waals surface area contributed by atoms with Crippen LogP contribution < -0.4 is 0 Å². The topological polar surface area (TPSA) is 74.3 Å². The molecule has 1 fully saturated rings. The van der Waals surface area contributed by atoms with Crippen molar-refractivity contribution >= 4 is 28.7 Å². The van der Waals surface area contributed by atoms with Crippen molar-refractivity contribution in [3.63, 3.8) is 0 Å². The molecule has 1 radical (unpaired) electrons. The van der Waals surface area contributed by atoms with Gasteiger partial charge in [0.05, 0.1) is 0 Å². The highest BCUT2D eigenvalue weighted by Gasteiger charge is 2.31. The van der Waals surface area contributed by atoms with Gasteiger partial charge in [0.15, 0.2) is 6.61 Å². The van der Waals surface area contributed by atoms with E-state index in [-0.39, 0.29) is 6.54 Å². The van der Waals surface area contributed by atoms with Gasteiger partial charge in [-0.05, 0) is 0 Å². The second-order valence-electron chi connectivity index (χ2n) is 2.13. The molecule has 1 aliphatic rings. The van der Waals surface area contributed by atoms with Crippen molar-refractivity contribution in [3.05, 3.63) is 0 Å². The van der Waals surface area contributed by atoms with Gasteiger partial charge in [0.25, 0.3) is 11.0 Å². The highest BCUT2D eigenvalue weighted by atomic mass is 32.2. The molecule has 0 aromatic carbocycles. The van der Waals surface area contributed by atoms with Crippen molar-refractivity contribution in [2.75, 3.05) is 18.9 Å². The van der Waals surface area contributed by atoms with Gasteiger partial charge >= 0.3 is 5.91 Å². The molecule has 1 rings (SSSR count). The molecule has 1 heterocycles. The summed E-state index contributed by atoms with van der Waals surface area (Å²) in [6.45, 7) is -0.819. The maximum Gasteiger partial charge on any atom is 0.307 e. The first kappa shape index (κ1) is 9.21. The van der Waals surface area contributed by atoms with Gasteiger partial charge in [0.1, 0.15) is 0 Å². The van der Waals surface area contributed by atoms with E-state index < -0.39 is 23.5 Å². The van der Waals surface area contributed by atoms with Crippen LogP contribution in [0.1, 0.15) is 0 Å². The fraction of sp³-hybridized carbons (Fsp3) is 0.500. The van der Waals surface area contributed by atoms with Gasteiger partial charge in [0, 0.05) is 12.3 Å². The average molecular weight is 188 g/mol. The second-order valence-corrected chi connectivity index (χ2v) is 3.20. The number of nitrogens with zero attached hydrogens (tertiary/aromatic N) is 1. The zero-order valence-corrected chi connectivity index (χ0v) is 6.93. The van der Waals surface area contributed by atoms with Crippen LogP contribution in [0.25, 0.3) is 0 Å². The first-order chi connectivity index (χ1) is 5.66. The number of hydrogen-bond donors (Lipinski definition) is 0. The number of imide groups is 1. The molecule has 0 aromatic heterocycles. The molecule has 1 aliphatic heterocycles. The third-order valence-corrected chi connectivity index (χ3v) is 2.22. The number of rotatable bonds is 1. The van der Waals surface area contributed by atoms with E-state index in [0.29, 0.717) is 10.7 Å². The number of carbonyl (C=O) groups excluding carboxylic acids is 3. The predicted molar refractivity (Wildman–Crippen MR) is 39.7 cm³/mol. The summed E-state index contributed by atoms with van der Waals surface area (Å²) >= 11 is 0.873. The highest BCUT2D eigenvalue weighted by molar-refractivity contribution is 8.15. The van der Waals surface area contributed by atoms with Crippen LogP contribution in [0, 0.1) is 0 Å². The summed E-state index contributed by atoms with van der Waals surface area (Å²) in [5.41, 5.74) is 0. The fourth-order valence-electron chi connectivity index (χ4n) is 0.819. The lowest BCUT2D eigenvalue weighted by Crippen LogP contribution is -2.46. The molecular formula is C6H6NO4S. The summed E-state index contributed by atoms with van der Waals surface area (Å²) in [7, 11) is 0. The van der Waals surface area contributed by atoms with E-state index >= 15 is 0 Å². The lowest BCUT2D eigenvalue weighted by Gasteiger charge is -2.21. The fourth-order valence-corrected chi connectivity index (χ4v) is 1.51. The molecular weight excluding hydrogens is 182 g/mol. The molecule has 0 N–H and O–H groups in total. The Hall–Kier alpha value is -0.880. The van der Waals surface area contributed by atoms with Crippen LogP contribution in [0.2, 0.25) is 0 Å². The summed E-state index contributed by atoms with van der Waals surface area (Å²) in [5, 5.41) is 9.46. The summed E-state index contributed by atoms with van der Waals surface area (Å²) in [6.07, 6.45) is 0. The lowest BCUT2D eigenvalue weighted by atomic mass is 10.4. The molecule has 65 valence electrons. The summed E-state index contributed by atoms with van der Waals surface area (Å²) < 4.78 is 0. The highest BCUT2D eigenvalue weighted by Crippen LogP contribution is 2.12. The standard InChI is InChI=1S/C6H6NO4S/c8-3-4(9)7-1-2-12-6(11)5(7)10/h1-3H2. The van der Waals surface area contributed by atoms with Crippen molar-refractivity contribution in [1.82, 2.24) is 4.90 Å². The average Bonchev–Trinajstić information content (AvgIpc) is 2.08. The van der Waals surface area contributed by atoms with Gasteiger partial charge in [-0.15, -0.1) is 0 Å². The first-order valence-corrected chi connectivity index (χ1v) is 4.25. The zero-order valence-electron chi connectivity index (χ0n) is 6.11. The van der Waals surface area contributed by atoms with Crippen molar-refractivity contribution in [3.8, 4) is 0 Å². The van der Waals surface area contributed by atoms with Crippen LogP contribution in [0.4, 0.5) is 0 Å². The van der Waals surface area contributed by atoms with Gasteiger partial charge in [-0.25, -0.2) is 5.11 Å². The minimum Gasteiger partial charge on any atom is -0.276 e. The molecule has 0 atom stereocenters. The van der Waals surface area contributed by atoms with Crippen LogP contribution in [0.3, 0.4) is 0 Å². The predicted octanol–water partition coefficient (Wildman–Crippen LogP) is -0.955. The van der Waals surface area contributed by atoms with E-state index in [1.165, 1.54) is 0 Å². The zero-order chi connectivity index (χ0) is 9.14. The van der Waals surface area contributed by atoms with E-state index in [1.54, 1.807) is 0 Å². The van der Waals surface area contributed by atoms with Gasteiger partial charge < -0.3 is 0 Å². The van der Waals surface area contributed by atoms with E-state index in [4.69, 9.17) is 0 Å². The van der Waals surface area contributed by atoms with Crippen LogP contribution in [0.5, 0.6) is 0 Å². The van der Waals surface area contributed by atoms with Crippen molar-refractivity contribution in [1.29, 1.82) is 0 Å². The van der Waals surface area contributed by atoms with Crippen molar-refractivity contribution in [2.24, 2.45) is 0 Å². The van der Waals surface area contributed by atoms with Crippen molar-refractivity contribution in [2.45, 2.75) is 0 Å². The summed E-state index contributed by atoms with van der Waals surface area (Å²) in [4.78, 5) is 33.1. The summed E-state index contributed by atoms with van der Waals surface area (Å²) in [6, 6.07) is 0. The minimum atomic E-state index is -0.982. The van der Waals surface area contributed by atoms with E-state index in [0.717, 1.165) is 11.8 Å². The smallest absolute Gasteiger partial charge is 0.276 e. The Morgan fingerprint density at radius 3 is 2.75 bits per heavy atom. The third kappa shape index (κ3) is 1.64. The van der Waals surface area contributed by atoms with Crippen LogP contribution in [-0.2, 0) is 19.5 Å². The van der Waals surface area contributed by atoms with Crippen LogP contribution in [-0.4, -0.2) is 40.7 Å². The first-order valence-electron chi connectivity index (χ1n) is 3.26. The normalized spacial score (nSPS) is 18.2. The molecule has 12 heavy (non-hydrogen) atoms. The molecule has 0 unspecified atom stereocenters. The number of hydrogen-bond acceptors (Lipinski definition) is 4. The number of carbonyl (C=O) groups is 3. The second kappa shape index (κ2) is 3.68. The number of amides is 2. The molecule has 0 aliphatic carbocycles. The minimum absolute atomic E-state index is 0.163. The quantitative estimate of drug-likeness (QED) is 0.497. The van der Waals surface area contributed by atoms with Gasteiger partial charge in [-0.3, -0.25) is 19.3 Å². The molecule has 0 spiro atoms. The molecule has 2 amide bonds. The van der Waals surface area contributed by atoms with Crippen molar-refractivity contribution < 1.29 is 19.5 Å². The summed E-state index contributed by atoms with van der Waals surface area (Å²) in [5.74, 6) is -1.31. The Kier molecular flexibility index (Phi) is 2.83. The van der Waals surface area contributed by atoms with Gasteiger partial charge in [0.2, 0.25) is 0 Å². The Balaban J connectivity index is 2.70. The lowest BCUT2D eigenvalue weighted by molar-refractivity contribution is -0.151. The van der Waals surface area contributed by atoms with Crippen LogP contribution >= 0.6 is 11.8 Å². The Labute approximate surface area is 72.7 Å². The SMILES string of the molecule is [O]CC(=O)N1CCSC(=O)C1=O. The van der Waals surface area contributed by atoms with E-state index in [2.05, 4.69) is 0 Å². The maximum absolute atomic E-state index is 10.9.